The topological polar surface area (TPSA) is 64.5 Å². The van der Waals surface area contributed by atoms with Gasteiger partial charge in [-0.05, 0) is 42.8 Å². The molecule has 1 aromatic heterocycles. The molecule has 1 amide bonds. The Bertz CT molecular complexity index is 1100. The Kier molecular flexibility index (Phi) is 5.50. The third-order valence-corrected chi connectivity index (χ3v) is 4.75. The lowest BCUT2D eigenvalue weighted by Crippen LogP contribution is -2.36. The van der Waals surface area contributed by atoms with E-state index in [0.29, 0.717) is 22.7 Å². The zero-order valence-electron chi connectivity index (χ0n) is 16.5. The number of amides is 1. The smallest absolute Gasteiger partial charge is 0.416 e. The zero-order chi connectivity index (χ0) is 22.0. The lowest BCUT2D eigenvalue weighted by molar-refractivity contribution is -0.137. The molecule has 4 rings (SSSR count). The number of nitrogens with zero attached hydrogens (tertiary/aromatic N) is 3. The van der Waals surface area contributed by atoms with Gasteiger partial charge in [0.2, 0.25) is 0 Å². The first-order valence-corrected chi connectivity index (χ1v) is 9.55. The molecule has 1 aliphatic rings. The van der Waals surface area contributed by atoms with Crippen molar-refractivity contribution in [1.82, 2.24) is 14.9 Å². The molecule has 0 unspecified atom stereocenters. The second-order valence-electron chi connectivity index (χ2n) is 6.85. The highest BCUT2D eigenvalue weighted by Gasteiger charge is 2.32. The lowest BCUT2D eigenvalue weighted by Gasteiger charge is -2.28. The molecule has 0 radical (unpaired) electrons. The summed E-state index contributed by atoms with van der Waals surface area (Å²) in [4.78, 5) is 22.0. The van der Waals surface area contributed by atoms with Crippen LogP contribution in [-0.2, 0) is 19.3 Å². The second-order valence-corrected chi connectivity index (χ2v) is 6.85. The van der Waals surface area contributed by atoms with Crippen LogP contribution in [0.4, 0.5) is 18.0 Å². The van der Waals surface area contributed by atoms with Gasteiger partial charge in [-0.1, -0.05) is 12.1 Å². The molecule has 2 heterocycles. The van der Waals surface area contributed by atoms with Gasteiger partial charge in [0.05, 0.1) is 25.3 Å². The van der Waals surface area contributed by atoms with Crippen LogP contribution < -0.4 is 9.47 Å². The quantitative estimate of drug-likeness (QED) is 0.566. The van der Waals surface area contributed by atoms with Crippen LogP contribution in [0.3, 0.4) is 0 Å². The third kappa shape index (κ3) is 4.45. The standard InChI is InChI=1S/C22H18F3N3O3/c1-2-30-19-11-16(22(23,24)25)5-6-17(19)14-4-7-18-15(10-14)12-28(21(29)31-18)13-20-26-8-3-9-27-20/h3-11H,2,12-13H2,1H3. The Labute approximate surface area is 176 Å². The monoisotopic (exact) mass is 429 g/mol. The van der Waals surface area contributed by atoms with Crippen molar-refractivity contribution < 1.29 is 27.4 Å². The van der Waals surface area contributed by atoms with Gasteiger partial charge < -0.3 is 9.47 Å². The molecule has 0 spiro atoms. The van der Waals surface area contributed by atoms with Gasteiger partial charge in [-0.3, -0.25) is 4.90 Å². The number of carbonyl (C=O) groups is 1. The Hall–Kier alpha value is -3.62. The maximum Gasteiger partial charge on any atom is 0.416 e. The first-order valence-electron chi connectivity index (χ1n) is 9.55. The summed E-state index contributed by atoms with van der Waals surface area (Å²) in [6.07, 6.45) is -1.81. The van der Waals surface area contributed by atoms with Crippen molar-refractivity contribution in [3.8, 4) is 22.6 Å². The fourth-order valence-electron chi connectivity index (χ4n) is 3.31. The first-order chi connectivity index (χ1) is 14.8. The van der Waals surface area contributed by atoms with Crippen LogP contribution in [0.25, 0.3) is 11.1 Å². The Balaban J connectivity index is 1.66. The number of fused-ring (bicyclic) bond motifs is 1. The summed E-state index contributed by atoms with van der Waals surface area (Å²) in [6.45, 7) is 2.36. The largest absolute Gasteiger partial charge is 0.493 e. The SMILES string of the molecule is CCOc1cc(C(F)(F)F)ccc1-c1ccc2c(c1)CN(Cc1ncccn1)C(=O)O2. The van der Waals surface area contributed by atoms with Gasteiger partial charge in [-0.25, -0.2) is 14.8 Å². The molecule has 9 heteroatoms. The summed E-state index contributed by atoms with van der Waals surface area (Å²) in [5.74, 6) is 1.02. The molecule has 0 aliphatic carbocycles. The molecule has 160 valence electrons. The van der Waals surface area contributed by atoms with E-state index in [1.807, 2.05) is 0 Å². The number of ether oxygens (including phenoxy) is 2. The molecule has 0 fully saturated rings. The Morgan fingerprint density at radius 2 is 1.90 bits per heavy atom. The summed E-state index contributed by atoms with van der Waals surface area (Å²) >= 11 is 0. The van der Waals surface area contributed by atoms with Crippen LogP contribution in [0.1, 0.15) is 23.9 Å². The number of hydrogen-bond acceptors (Lipinski definition) is 5. The fourth-order valence-corrected chi connectivity index (χ4v) is 3.31. The predicted octanol–water partition coefficient (Wildman–Crippen LogP) is 5.08. The number of aromatic nitrogens is 2. The molecule has 0 N–H and O–H groups in total. The fraction of sp³-hybridized carbons (Fsp3) is 0.227. The molecular formula is C22H18F3N3O3. The number of carbonyl (C=O) groups excluding carboxylic acids is 1. The van der Waals surface area contributed by atoms with Crippen LogP contribution in [0, 0.1) is 0 Å². The summed E-state index contributed by atoms with van der Waals surface area (Å²) in [7, 11) is 0. The van der Waals surface area contributed by atoms with Gasteiger partial charge in [0, 0.05) is 23.5 Å². The van der Waals surface area contributed by atoms with E-state index in [4.69, 9.17) is 9.47 Å². The van der Waals surface area contributed by atoms with Crippen molar-refractivity contribution in [2.24, 2.45) is 0 Å². The molecule has 0 atom stereocenters. The predicted molar refractivity (Wildman–Crippen MR) is 105 cm³/mol. The molecule has 0 saturated carbocycles. The van der Waals surface area contributed by atoms with Crippen molar-refractivity contribution in [2.75, 3.05) is 6.61 Å². The summed E-state index contributed by atoms with van der Waals surface area (Å²) in [6, 6.07) is 10.2. The van der Waals surface area contributed by atoms with Gasteiger partial charge in [-0.15, -0.1) is 0 Å². The maximum atomic E-state index is 13.1. The van der Waals surface area contributed by atoms with Crippen LogP contribution in [0.5, 0.6) is 11.5 Å². The summed E-state index contributed by atoms with van der Waals surface area (Å²) in [5.41, 5.74) is 1.12. The van der Waals surface area contributed by atoms with Gasteiger partial charge in [0.15, 0.2) is 0 Å². The van der Waals surface area contributed by atoms with Gasteiger partial charge in [0.1, 0.15) is 17.3 Å². The third-order valence-electron chi connectivity index (χ3n) is 4.75. The van der Waals surface area contributed by atoms with Crippen LogP contribution in [0.2, 0.25) is 0 Å². The molecule has 3 aromatic rings. The second kappa shape index (κ2) is 8.25. The van der Waals surface area contributed by atoms with E-state index in [2.05, 4.69) is 9.97 Å². The Morgan fingerprint density at radius 1 is 1.13 bits per heavy atom. The molecule has 31 heavy (non-hydrogen) atoms. The minimum absolute atomic E-state index is 0.139. The zero-order valence-corrected chi connectivity index (χ0v) is 16.5. The molecule has 2 aromatic carbocycles. The van der Waals surface area contributed by atoms with E-state index in [-0.39, 0.29) is 25.4 Å². The first kappa shape index (κ1) is 20.6. The lowest BCUT2D eigenvalue weighted by atomic mass is 9.99. The van der Waals surface area contributed by atoms with E-state index in [1.54, 1.807) is 43.6 Å². The number of alkyl halides is 3. The maximum absolute atomic E-state index is 13.1. The average molecular weight is 429 g/mol. The normalized spacial score (nSPS) is 13.5. The molecule has 1 aliphatic heterocycles. The molecule has 0 bridgehead atoms. The van der Waals surface area contributed by atoms with E-state index in [0.717, 1.165) is 17.7 Å². The van der Waals surface area contributed by atoms with Crippen molar-refractivity contribution >= 4 is 6.09 Å². The molecule has 6 nitrogen and oxygen atoms in total. The highest BCUT2D eigenvalue weighted by Crippen LogP contribution is 2.39. The van der Waals surface area contributed by atoms with E-state index in [9.17, 15) is 18.0 Å². The van der Waals surface area contributed by atoms with E-state index in [1.165, 1.54) is 11.0 Å². The summed E-state index contributed by atoms with van der Waals surface area (Å²) < 4.78 is 50.2. The number of rotatable bonds is 5. The van der Waals surface area contributed by atoms with E-state index < -0.39 is 17.8 Å². The number of benzene rings is 2. The van der Waals surface area contributed by atoms with Crippen LogP contribution >= 0.6 is 0 Å². The number of halogens is 3. The molecule has 0 saturated heterocycles. The van der Waals surface area contributed by atoms with E-state index >= 15 is 0 Å². The van der Waals surface area contributed by atoms with Crippen LogP contribution in [0.15, 0.2) is 54.9 Å². The van der Waals surface area contributed by atoms with Gasteiger partial charge >= 0.3 is 12.3 Å². The highest BCUT2D eigenvalue weighted by molar-refractivity contribution is 5.77. The van der Waals surface area contributed by atoms with Crippen molar-refractivity contribution in [3.63, 3.8) is 0 Å². The number of hydrogen-bond donors (Lipinski definition) is 0. The Morgan fingerprint density at radius 3 is 2.61 bits per heavy atom. The van der Waals surface area contributed by atoms with Crippen molar-refractivity contribution in [1.29, 1.82) is 0 Å². The van der Waals surface area contributed by atoms with Gasteiger partial charge in [0.25, 0.3) is 0 Å². The van der Waals surface area contributed by atoms with Crippen LogP contribution in [-0.4, -0.2) is 27.6 Å². The van der Waals surface area contributed by atoms with Gasteiger partial charge in [-0.2, -0.15) is 13.2 Å². The highest BCUT2D eigenvalue weighted by atomic mass is 19.4. The minimum Gasteiger partial charge on any atom is -0.493 e. The average Bonchev–Trinajstić information content (AvgIpc) is 2.74. The summed E-state index contributed by atoms with van der Waals surface area (Å²) in [5, 5.41) is 0. The van der Waals surface area contributed by atoms with Crippen molar-refractivity contribution in [3.05, 3.63) is 71.8 Å². The van der Waals surface area contributed by atoms with Crippen molar-refractivity contribution in [2.45, 2.75) is 26.2 Å². The molecular weight excluding hydrogens is 411 g/mol. The minimum atomic E-state index is -4.46.